The lowest BCUT2D eigenvalue weighted by Gasteiger charge is -2.14. The molecule has 0 aromatic heterocycles. The number of rotatable bonds is 6. The van der Waals surface area contributed by atoms with Gasteiger partial charge in [-0.3, -0.25) is 14.9 Å². The first kappa shape index (κ1) is 15.0. The van der Waals surface area contributed by atoms with E-state index in [9.17, 15) is 9.59 Å². The van der Waals surface area contributed by atoms with Crippen molar-refractivity contribution in [3.8, 4) is 0 Å². The zero-order valence-electron chi connectivity index (χ0n) is 11.7. The minimum Gasteiger partial charge on any atom is -0.481 e. The van der Waals surface area contributed by atoms with Crippen molar-refractivity contribution in [1.82, 2.24) is 5.32 Å². The van der Waals surface area contributed by atoms with Crippen molar-refractivity contribution in [3.05, 3.63) is 47.5 Å². The third-order valence-electron chi connectivity index (χ3n) is 3.53. The molecule has 2 aromatic rings. The van der Waals surface area contributed by atoms with Gasteiger partial charge in [-0.05, 0) is 28.8 Å². The van der Waals surface area contributed by atoms with Gasteiger partial charge in [0.1, 0.15) is 6.04 Å². The van der Waals surface area contributed by atoms with Crippen molar-refractivity contribution < 1.29 is 19.8 Å². The fourth-order valence-corrected chi connectivity index (χ4v) is 2.32. The number of hydrogen-bond acceptors (Lipinski definition) is 3. The molecule has 0 saturated heterocycles. The van der Waals surface area contributed by atoms with Crippen LogP contribution in [0.4, 0.5) is 0 Å². The number of hydrogen-bond donors (Lipinski definition) is 3. The highest BCUT2D eigenvalue weighted by atomic mass is 16.4. The summed E-state index contributed by atoms with van der Waals surface area (Å²) in [5.74, 6) is -2.29. The summed E-state index contributed by atoms with van der Waals surface area (Å²) in [4.78, 5) is 21.7. The molecule has 21 heavy (non-hydrogen) atoms. The van der Waals surface area contributed by atoms with Crippen molar-refractivity contribution in [3.63, 3.8) is 0 Å². The molecule has 1 atom stereocenters. The lowest BCUT2D eigenvalue weighted by Crippen LogP contribution is -2.38. The smallest absolute Gasteiger partial charge is 0.321 e. The van der Waals surface area contributed by atoms with E-state index in [2.05, 4.69) is 5.32 Å². The van der Waals surface area contributed by atoms with Crippen LogP contribution in [-0.2, 0) is 16.1 Å². The van der Waals surface area contributed by atoms with Gasteiger partial charge in [0.15, 0.2) is 0 Å². The van der Waals surface area contributed by atoms with Gasteiger partial charge in [0, 0.05) is 6.54 Å². The third kappa shape index (κ3) is 3.58. The van der Waals surface area contributed by atoms with Crippen LogP contribution in [0.3, 0.4) is 0 Å². The second-order valence-corrected chi connectivity index (χ2v) is 4.94. The number of nitrogens with one attached hydrogen (secondary N) is 1. The van der Waals surface area contributed by atoms with Crippen LogP contribution in [0.2, 0.25) is 0 Å². The van der Waals surface area contributed by atoms with Crippen LogP contribution in [-0.4, -0.2) is 28.2 Å². The summed E-state index contributed by atoms with van der Waals surface area (Å²) in [5, 5.41) is 22.8. The summed E-state index contributed by atoms with van der Waals surface area (Å²) in [5.41, 5.74) is 2.03. The molecule has 0 aliphatic carbocycles. The van der Waals surface area contributed by atoms with Crippen LogP contribution < -0.4 is 5.32 Å². The van der Waals surface area contributed by atoms with Gasteiger partial charge < -0.3 is 10.2 Å². The second-order valence-electron chi connectivity index (χ2n) is 4.94. The average Bonchev–Trinajstić information content (AvgIpc) is 2.45. The number of carboxylic acids is 2. The van der Waals surface area contributed by atoms with Gasteiger partial charge in [0.25, 0.3) is 0 Å². The molecule has 5 heteroatoms. The lowest BCUT2D eigenvalue weighted by atomic mass is 10.00. The van der Waals surface area contributed by atoms with Crippen LogP contribution >= 0.6 is 0 Å². The Bertz CT molecular complexity index is 681. The van der Waals surface area contributed by atoms with Crippen molar-refractivity contribution in [2.75, 3.05) is 0 Å². The molecular weight excluding hydrogens is 270 g/mol. The molecule has 2 aromatic carbocycles. The predicted octanol–water partition coefficient (Wildman–Crippen LogP) is 2.17. The Morgan fingerprint density at radius 1 is 1.14 bits per heavy atom. The summed E-state index contributed by atoms with van der Waals surface area (Å²) in [7, 11) is 0. The highest BCUT2D eigenvalue weighted by Crippen LogP contribution is 2.21. The number of aryl methyl sites for hydroxylation is 1. The summed E-state index contributed by atoms with van der Waals surface area (Å²) < 4.78 is 0. The molecule has 2 rings (SSSR count). The van der Waals surface area contributed by atoms with Crippen molar-refractivity contribution in [2.45, 2.75) is 25.9 Å². The number of fused-ring (bicyclic) bond motifs is 1. The topological polar surface area (TPSA) is 86.6 Å². The Morgan fingerprint density at radius 3 is 2.52 bits per heavy atom. The summed E-state index contributed by atoms with van der Waals surface area (Å²) >= 11 is 0. The van der Waals surface area contributed by atoms with E-state index in [-0.39, 0.29) is 0 Å². The second kappa shape index (κ2) is 6.37. The first-order chi connectivity index (χ1) is 9.99. The number of benzene rings is 2. The van der Waals surface area contributed by atoms with E-state index in [0.29, 0.717) is 6.54 Å². The standard InChI is InChI=1S/C16H17NO4/c1-10-12(7-6-11-4-2-3-5-13(10)11)9-17-14(16(20)21)8-15(18)19/h2-7,14,17H,8-9H2,1H3,(H,18,19)(H,20,21)/t14-/m1/s1. The average molecular weight is 287 g/mol. The first-order valence-corrected chi connectivity index (χ1v) is 6.64. The number of aliphatic carboxylic acids is 2. The summed E-state index contributed by atoms with van der Waals surface area (Å²) in [6.45, 7) is 2.30. The zero-order chi connectivity index (χ0) is 15.4. The van der Waals surface area contributed by atoms with Gasteiger partial charge in [0.05, 0.1) is 6.42 Å². The molecule has 0 aliphatic heterocycles. The van der Waals surface area contributed by atoms with Gasteiger partial charge in [-0.2, -0.15) is 0 Å². The van der Waals surface area contributed by atoms with Gasteiger partial charge in [-0.15, -0.1) is 0 Å². The highest BCUT2D eigenvalue weighted by Gasteiger charge is 2.20. The number of carbonyl (C=O) groups is 2. The molecular formula is C16H17NO4. The first-order valence-electron chi connectivity index (χ1n) is 6.64. The highest BCUT2D eigenvalue weighted by molar-refractivity contribution is 5.86. The van der Waals surface area contributed by atoms with E-state index in [0.717, 1.165) is 21.9 Å². The van der Waals surface area contributed by atoms with Crippen molar-refractivity contribution in [2.24, 2.45) is 0 Å². The molecule has 0 radical (unpaired) electrons. The maximum atomic E-state index is 11.0. The normalized spacial score (nSPS) is 12.2. The number of carboxylic acid groups (broad SMARTS) is 2. The molecule has 0 fully saturated rings. The van der Waals surface area contributed by atoms with Crippen LogP contribution in [0.1, 0.15) is 17.5 Å². The Labute approximate surface area is 122 Å². The molecule has 0 heterocycles. The van der Waals surface area contributed by atoms with Gasteiger partial charge in [-0.1, -0.05) is 36.4 Å². The SMILES string of the molecule is Cc1c(CN[C@H](CC(=O)O)C(=O)O)ccc2ccccc12. The fraction of sp³-hybridized carbons (Fsp3) is 0.250. The molecule has 110 valence electrons. The predicted molar refractivity (Wildman–Crippen MR) is 79.2 cm³/mol. The minimum atomic E-state index is -1.16. The molecule has 0 amide bonds. The third-order valence-corrected chi connectivity index (χ3v) is 3.53. The molecule has 0 unspecified atom stereocenters. The Kier molecular flexibility index (Phi) is 4.55. The fourth-order valence-electron chi connectivity index (χ4n) is 2.32. The Hall–Kier alpha value is -2.40. The molecule has 0 aliphatic rings. The molecule has 3 N–H and O–H groups in total. The van der Waals surface area contributed by atoms with E-state index in [4.69, 9.17) is 10.2 Å². The minimum absolute atomic E-state index is 0.320. The maximum Gasteiger partial charge on any atom is 0.321 e. The van der Waals surface area contributed by atoms with Crippen LogP contribution in [0, 0.1) is 6.92 Å². The van der Waals surface area contributed by atoms with Crippen molar-refractivity contribution in [1.29, 1.82) is 0 Å². The maximum absolute atomic E-state index is 11.0. The van der Waals surface area contributed by atoms with Crippen LogP contribution in [0.5, 0.6) is 0 Å². The quantitative estimate of drug-likeness (QED) is 0.758. The van der Waals surface area contributed by atoms with Crippen molar-refractivity contribution >= 4 is 22.7 Å². The summed E-state index contributed by atoms with van der Waals surface area (Å²) in [6, 6.07) is 10.8. The lowest BCUT2D eigenvalue weighted by molar-refractivity contribution is -0.146. The van der Waals surface area contributed by atoms with Gasteiger partial charge in [0.2, 0.25) is 0 Å². The zero-order valence-corrected chi connectivity index (χ0v) is 11.7. The van der Waals surface area contributed by atoms with Crippen LogP contribution in [0.15, 0.2) is 36.4 Å². The molecule has 0 saturated carbocycles. The Morgan fingerprint density at radius 2 is 1.86 bits per heavy atom. The molecule has 0 bridgehead atoms. The van der Waals surface area contributed by atoms with E-state index >= 15 is 0 Å². The molecule has 5 nitrogen and oxygen atoms in total. The van der Waals surface area contributed by atoms with Gasteiger partial charge in [-0.25, -0.2) is 0 Å². The van der Waals surface area contributed by atoms with E-state index < -0.39 is 24.4 Å². The van der Waals surface area contributed by atoms with E-state index in [1.54, 1.807) is 0 Å². The summed E-state index contributed by atoms with van der Waals surface area (Å²) in [6.07, 6.45) is -0.442. The van der Waals surface area contributed by atoms with Crippen LogP contribution in [0.25, 0.3) is 10.8 Å². The molecule has 0 spiro atoms. The Balaban J connectivity index is 2.17. The largest absolute Gasteiger partial charge is 0.481 e. The van der Waals surface area contributed by atoms with E-state index in [1.165, 1.54) is 0 Å². The monoisotopic (exact) mass is 287 g/mol. The van der Waals surface area contributed by atoms with Gasteiger partial charge >= 0.3 is 11.9 Å². The van der Waals surface area contributed by atoms with E-state index in [1.807, 2.05) is 43.3 Å².